The molecule has 1 aromatic carbocycles. The van der Waals surface area contributed by atoms with E-state index in [9.17, 15) is 9.59 Å². The van der Waals surface area contributed by atoms with E-state index in [-0.39, 0.29) is 11.5 Å². The number of aromatic carboxylic acids is 1. The molecule has 0 aromatic heterocycles. The van der Waals surface area contributed by atoms with Crippen LogP contribution in [0.1, 0.15) is 49.4 Å². The molecule has 2 rings (SSSR count). The van der Waals surface area contributed by atoms with E-state index in [2.05, 4.69) is 12.2 Å². The van der Waals surface area contributed by atoms with Gasteiger partial charge in [-0.3, -0.25) is 4.79 Å². The number of hydrogen-bond donors (Lipinski definition) is 2. The molecule has 1 aromatic rings. The second-order valence-electron chi connectivity index (χ2n) is 5.32. The summed E-state index contributed by atoms with van der Waals surface area (Å²) >= 11 is 0. The number of benzene rings is 1. The number of nitrogens with zero attached hydrogens (tertiary/aromatic N) is 1. The molecule has 0 bridgehead atoms. The number of amides is 1. The van der Waals surface area contributed by atoms with Crippen LogP contribution in [0.25, 0.3) is 0 Å². The highest BCUT2D eigenvalue weighted by Gasteiger charge is 2.24. The van der Waals surface area contributed by atoms with Gasteiger partial charge in [-0.1, -0.05) is 19.8 Å². The van der Waals surface area contributed by atoms with Crippen molar-refractivity contribution < 1.29 is 14.7 Å². The standard InChI is InChI=1S/C16H22N2O3/c1-2-3-4-9-17-13-11-12(16(20)21)7-8-14(13)18-10-5-6-15(18)19/h7-8,11,17H,2-6,9-10H2,1H3,(H,20,21). The number of carboxylic acids is 1. The number of carbonyl (C=O) groups is 2. The molecule has 1 aliphatic heterocycles. The minimum absolute atomic E-state index is 0.106. The Labute approximate surface area is 125 Å². The van der Waals surface area contributed by atoms with Crippen molar-refractivity contribution in [3.8, 4) is 0 Å². The summed E-state index contributed by atoms with van der Waals surface area (Å²) in [4.78, 5) is 24.8. The molecule has 2 N–H and O–H groups in total. The van der Waals surface area contributed by atoms with Gasteiger partial charge in [-0.25, -0.2) is 4.79 Å². The van der Waals surface area contributed by atoms with Gasteiger partial charge in [0.25, 0.3) is 0 Å². The lowest BCUT2D eigenvalue weighted by molar-refractivity contribution is -0.117. The van der Waals surface area contributed by atoms with E-state index in [1.165, 1.54) is 0 Å². The quantitative estimate of drug-likeness (QED) is 0.757. The van der Waals surface area contributed by atoms with Crippen molar-refractivity contribution in [2.75, 3.05) is 23.3 Å². The first kappa shape index (κ1) is 15.4. The highest BCUT2D eigenvalue weighted by Crippen LogP contribution is 2.30. The summed E-state index contributed by atoms with van der Waals surface area (Å²) in [7, 11) is 0. The van der Waals surface area contributed by atoms with E-state index in [1.54, 1.807) is 23.1 Å². The molecule has 5 heteroatoms. The highest BCUT2D eigenvalue weighted by molar-refractivity contribution is 6.00. The number of rotatable bonds is 7. The summed E-state index contributed by atoms with van der Waals surface area (Å²) in [6.45, 7) is 3.63. The molecule has 0 saturated carbocycles. The van der Waals surface area contributed by atoms with Crippen molar-refractivity contribution in [1.82, 2.24) is 0 Å². The van der Waals surface area contributed by atoms with E-state index in [1.807, 2.05) is 0 Å². The summed E-state index contributed by atoms with van der Waals surface area (Å²) in [6.07, 6.45) is 4.71. The van der Waals surface area contributed by atoms with Gasteiger partial charge in [0.15, 0.2) is 0 Å². The Morgan fingerprint density at radius 1 is 1.38 bits per heavy atom. The van der Waals surface area contributed by atoms with Crippen molar-refractivity contribution in [2.45, 2.75) is 39.0 Å². The molecule has 114 valence electrons. The molecule has 1 aliphatic rings. The van der Waals surface area contributed by atoms with E-state index in [0.717, 1.165) is 43.6 Å². The second kappa shape index (κ2) is 7.11. The summed E-state index contributed by atoms with van der Waals surface area (Å²) in [5.41, 5.74) is 1.77. The van der Waals surface area contributed by atoms with Gasteiger partial charge in [0, 0.05) is 19.5 Å². The van der Waals surface area contributed by atoms with Crippen LogP contribution in [0.15, 0.2) is 18.2 Å². The van der Waals surface area contributed by atoms with Crippen molar-refractivity contribution in [3.05, 3.63) is 23.8 Å². The fraction of sp³-hybridized carbons (Fsp3) is 0.500. The number of carbonyl (C=O) groups excluding carboxylic acids is 1. The number of carboxylic acid groups (broad SMARTS) is 1. The molecule has 1 fully saturated rings. The maximum Gasteiger partial charge on any atom is 0.335 e. The number of hydrogen-bond acceptors (Lipinski definition) is 3. The Hall–Kier alpha value is -2.04. The van der Waals surface area contributed by atoms with Gasteiger partial charge in [0.05, 0.1) is 16.9 Å². The van der Waals surface area contributed by atoms with Crippen LogP contribution in [-0.4, -0.2) is 30.1 Å². The monoisotopic (exact) mass is 290 g/mol. The Bertz CT molecular complexity index is 528. The lowest BCUT2D eigenvalue weighted by Gasteiger charge is -2.21. The SMILES string of the molecule is CCCCCNc1cc(C(=O)O)ccc1N1CCCC1=O. The van der Waals surface area contributed by atoms with Crippen molar-refractivity contribution in [2.24, 2.45) is 0 Å². The Kier molecular flexibility index (Phi) is 5.20. The van der Waals surface area contributed by atoms with E-state index >= 15 is 0 Å². The number of anilines is 2. The third-order valence-electron chi connectivity index (χ3n) is 3.70. The average Bonchev–Trinajstić information content (AvgIpc) is 2.89. The van der Waals surface area contributed by atoms with Gasteiger partial charge in [0.2, 0.25) is 5.91 Å². The van der Waals surface area contributed by atoms with E-state index in [4.69, 9.17) is 5.11 Å². The lowest BCUT2D eigenvalue weighted by atomic mass is 10.1. The van der Waals surface area contributed by atoms with Crippen LogP contribution in [0.5, 0.6) is 0 Å². The molecule has 21 heavy (non-hydrogen) atoms. The normalized spacial score (nSPS) is 14.5. The van der Waals surface area contributed by atoms with Gasteiger partial charge >= 0.3 is 5.97 Å². The maximum absolute atomic E-state index is 11.9. The summed E-state index contributed by atoms with van der Waals surface area (Å²) in [5.74, 6) is -0.847. The van der Waals surface area contributed by atoms with E-state index in [0.29, 0.717) is 13.0 Å². The fourth-order valence-corrected chi connectivity index (χ4v) is 2.55. The second-order valence-corrected chi connectivity index (χ2v) is 5.32. The largest absolute Gasteiger partial charge is 0.478 e. The molecule has 1 amide bonds. The first-order chi connectivity index (χ1) is 10.1. The predicted octanol–water partition coefficient (Wildman–Crippen LogP) is 3.11. The first-order valence-electron chi connectivity index (χ1n) is 7.55. The summed E-state index contributed by atoms with van der Waals surface area (Å²) in [5, 5.41) is 12.4. The Balaban J connectivity index is 2.21. The van der Waals surface area contributed by atoms with Crippen LogP contribution in [-0.2, 0) is 4.79 Å². The molecule has 1 saturated heterocycles. The van der Waals surface area contributed by atoms with Gasteiger partial charge in [-0.15, -0.1) is 0 Å². The van der Waals surface area contributed by atoms with Crippen LogP contribution >= 0.6 is 0 Å². The molecule has 5 nitrogen and oxygen atoms in total. The molecule has 0 atom stereocenters. The molecule has 0 radical (unpaired) electrons. The van der Waals surface area contributed by atoms with E-state index < -0.39 is 5.97 Å². The Morgan fingerprint density at radius 3 is 2.81 bits per heavy atom. The van der Waals surface area contributed by atoms with Crippen molar-refractivity contribution in [3.63, 3.8) is 0 Å². The third kappa shape index (κ3) is 3.74. The van der Waals surface area contributed by atoms with Crippen LogP contribution in [0, 0.1) is 0 Å². The lowest BCUT2D eigenvalue weighted by Crippen LogP contribution is -2.25. The van der Waals surface area contributed by atoms with Crippen LogP contribution in [0.3, 0.4) is 0 Å². The molecule has 0 unspecified atom stereocenters. The van der Waals surface area contributed by atoms with Gasteiger partial charge < -0.3 is 15.3 Å². The molecular weight excluding hydrogens is 268 g/mol. The average molecular weight is 290 g/mol. The zero-order valence-corrected chi connectivity index (χ0v) is 12.4. The highest BCUT2D eigenvalue weighted by atomic mass is 16.4. The molecular formula is C16H22N2O3. The zero-order valence-electron chi connectivity index (χ0n) is 12.4. The predicted molar refractivity (Wildman–Crippen MR) is 83.0 cm³/mol. The number of unbranched alkanes of at least 4 members (excludes halogenated alkanes) is 2. The minimum Gasteiger partial charge on any atom is -0.478 e. The van der Waals surface area contributed by atoms with Crippen LogP contribution in [0.2, 0.25) is 0 Å². The van der Waals surface area contributed by atoms with Gasteiger partial charge in [-0.05, 0) is 31.0 Å². The summed E-state index contributed by atoms with van der Waals surface area (Å²) < 4.78 is 0. The Morgan fingerprint density at radius 2 is 2.19 bits per heavy atom. The topological polar surface area (TPSA) is 69.6 Å². The molecule has 1 heterocycles. The third-order valence-corrected chi connectivity index (χ3v) is 3.70. The minimum atomic E-state index is -0.953. The van der Waals surface area contributed by atoms with Gasteiger partial charge in [-0.2, -0.15) is 0 Å². The summed E-state index contributed by atoms with van der Waals surface area (Å²) in [6, 6.07) is 4.91. The van der Waals surface area contributed by atoms with Crippen molar-refractivity contribution in [1.29, 1.82) is 0 Å². The van der Waals surface area contributed by atoms with Crippen molar-refractivity contribution >= 4 is 23.3 Å². The molecule has 0 spiro atoms. The van der Waals surface area contributed by atoms with Crippen LogP contribution < -0.4 is 10.2 Å². The van der Waals surface area contributed by atoms with Gasteiger partial charge in [0.1, 0.15) is 0 Å². The zero-order chi connectivity index (χ0) is 15.2. The smallest absolute Gasteiger partial charge is 0.335 e. The molecule has 0 aliphatic carbocycles. The van der Waals surface area contributed by atoms with Crippen LogP contribution in [0.4, 0.5) is 11.4 Å². The fourth-order valence-electron chi connectivity index (χ4n) is 2.55. The number of nitrogens with one attached hydrogen (secondary N) is 1. The maximum atomic E-state index is 11.9. The first-order valence-corrected chi connectivity index (χ1v) is 7.55.